The number of aromatic nitrogens is 2. The van der Waals surface area contributed by atoms with E-state index in [-0.39, 0.29) is 6.04 Å². The number of fused-ring (bicyclic) bond motifs is 1. The number of thiazole rings is 1. The third-order valence-electron chi connectivity index (χ3n) is 2.88. The van der Waals surface area contributed by atoms with Crippen molar-refractivity contribution in [3.05, 3.63) is 35.0 Å². The highest BCUT2D eigenvalue weighted by atomic mass is 32.1. The van der Waals surface area contributed by atoms with Crippen molar-refractivity contribution in [2.45, 2.75) is 25.3 Å². The van der Waals surface area contributed by atoms with Crippen LogP contribution in [0, 0.1) is 0 Å². The molecule has 0 aromatic carbocycles. The molecule has 2 N–H and O–H groups in total. The van der Waals surface area contributed by atoms with Gasteiger partial charge in [-0.3, -0.25) is 4.98 Å². The normalized spacial score (nSPS) is 19.4. The lowest BCUT2D eigenvalue weighted by molar-refractivity contribution is 0.564. The zero-order valence-corrected chi connectivity index (χ0v) is 9.70. The molecule has 1 aliphatic rings. The van der Waals surface area contributed by atoms with E-state index < -0.39 is 0 Å². The molecule has 0 amide bonds. The van der Waals surface area contributed by atoms with E-state index in [4.69, 9.17) is 5.73 Å². The van der Waals surface area contributed by atoms with Gasteiger partial charge in [0.2, 0.25) is 0 Å². The third-order valence-corrected chi connectivity index (χ3v) is 4.04. The van der Waals surface area contributed by atoms with Crippen molar-refractivity contribution in [1.29, 1.82) is 0 Å². The van der Waals surface area contributed by atoms with Crippen molar-refractivity contribution in [1.82, 2.24) is 9.97 Å². The lowest BCUT2D eigenvalue weighted by atomic mass is 9.99. The monoisotopic (exact) mass is 231 g/mol. The molecule has 0 spiro atoms. The summed E-state index contributed by atoms with van der Waals surface area (Å²) in [7, 11) is 0. The number of aryl methyl sites for hydroxylation is 1. The Morgan fingerprint density at radius 1 is 1.38 bits per heavy atom. The van der Waals surface area contributed by atoms with Crippen molar-refractivity contribution in [3.63, 3.8) is 0 Å². The summed E-state index contributed by atoms with van der Waals surface area (Å²) in [6, 6.07) is 6.03. The first-order valence-corrected chi connectivity index (χ1v) is 6.33. The maximum atomic E-state index is 6.06. The van der Waals surface area contributed by atoms with Crippen LogP contribution in [0.15, 0.2) is 24.4 Å². The van der Waals surface area contributed by atoms with Crippen LogP contribution in [-0.4, -0.2) is 9.97 Å². The van der Waals surface area contributed by atoms with Crippen LogP contribution < -0.4 is 5.73 Å². The van der Waals surface area contributed by atoms with Crippen molar-refractivity contribution in [2.75, 3.05) is 0 Å². The Morgan fingerprint density at radius 2 is 2.31 bits per heavy atom. The zero-order valence-electron chi connectivity index (χ0n) is 8.89. The fourth-order valence-corrected chi connectivity index (χ4v) is 3.20. The number of nitrogens with zero attached hydrogens (tertiary/aromatic N) is 2. The zero-order chi connectivity index (χ0) is 11.0. The standard InChI is InChI=1S/C12H13N3S/c13-8-4-3-6-10-11(8)15-12(16-10)9-5-1-2-7-14-9/h1-2,5,7-8H,3-4,6,13H2. The highest BCUT2D eigenvalue weighted by molar-refractivity contribution is 7.15. The van der Waals surface area contributed by atoms with E-state index in [1.54, 1.807) is 17.5 Å². The molecule has 2 heterocycles. The largest absolute Gasteiger partial charge is 0.323 e. The van der Waals surface area contributed by atoms with Gasteiger partial charge in [-0.05, 0) is 31.4 Å². The second kappa shape index (κ2) is 3.96. The maximum absolute atomic E-state index is 6.06. The minimum absolute atomic E-state index is 0.123. The van der Waals surface area contributed by atoms with Gasteiger partial charge in [0, 0.05) is 17.1 Å². The van der Waals surface area contributed by atoms with Crippen LogP contribution in [0.5, 0.6) is 0 Å². The first-order valence-electron chi connectivity index (χ1n) is 5.51. The summed E-state index contributed by atoms with van der Waals surface area (Å²) in [6.07, 6.45) is 5.15. The van der Waals surface area contributed by atoms with Gasteiger partial charge >= 0.3 is 0 Å². The predicted molar refractivity (Wildman–Crippen MR) is 65.2 cm³/mol. The number of pyridine rings is 1. The molecule has 0 saturated carbocycles. The summed E-state index contributed by atoms with van der Waals surface area (Å²) in [5.74, 6) is 0. The predicted octanol–water partition coefficient (Wildman–Crippen LogP) is 2.54. The molecule has 0 bridgehead atoms. The van der Waals surface area contributed by atoms with Gasteiger partial charge in [-0.25, -0.2) is 4.98 Å². The summed E-state index contributed by atoms with van der Waals surface area (Å²) in [5, 5.41) is 1.00. The smallest absolute Gasteiger partial charge is 0.142 e. The molecule has 0 saturated heterocycles. The van der Waals surface area contributed by atoms with Crippen LogP contribution in [0.4, 0.5) is 0 Å². The van der Waals surface area contributed by atoms with E-state index in [0.717, 1.165) is 29.2 Å². The molecule has 16 heavy (non-hydrogen) atoms. The van der Waals surface area contributed by atoms with E-state index >= 15 is 0 Å². The molecular formula is C12H13N3S. The Balaban J connectivity index is 2.05. The SMILES string of the molecule is NC1CCCc2sc(-c3ccccn3)nc21. The van der Waals surface area contributed by atoms with Crippen LogP contribution in [0.25, 0.3) is 10.7 Å². The summed E-state index contributed by atoms with van der Waals surface area (Å²) >= 11 is 1.74. The van der Waals surface area contributed by atoms with Crippen LogP contribution in [-0.2, 0) is 6.42 Å². The topological polar surface area (TPSA) is 51.8 Å². The molecule has 0 fully saturated rings. The summed E-state index contributed by atoms with van der Waals surface area (Å²) in [5.41, 5.74) is 8.11. The van der Waals surface area contributed by atoms with Gasteiger partial charge in [0.15, 0.2) is 0 Å². The van der Waals surface area contributed by atoms with Gasteiger partial charge in [0.25, 0.3) is 0 Å². The Labute approximate surface area is 98.4 Å². The summed E-state index contributed by atoms with van der Waals surface area (Å²) in [4.78, 5) is 10.3. The molecule has 3 nitrogen and oxygen atoms in total. The fraction of sp³-hybridized carbons (Fsp3) is 0.333. The van der Waals surface area contributed by atoms with Gasteiger partial charge in [-0.2, -0.15) is 0 Å². The van der Waals surface area contributed by atoms with Crippen LogP contribution >= 0.6 is 11.3 Å². The first kappa shape index (κ1) is 9.93. The van der Waals surface area contributed by atoms with Gasteiger partial charge in [-0.15, -0.1) is 11.3 Å². The molecule has 1 aliphatic carbocycles. The number of rotatable bonds is 1. The number of nitrogens with two attached hydrogens (primary N) is 1. The lowest BCUT2D eigenvalue weighted by Gasteiger charge is -2.15. The average molecular weight is 231 g/mol. The quantitative estimate of drug-likeness (QED) is 0.820. The number of hydrogen-bond donors (Lipinski definition) is 1. The van der Waals surface area contributed by atoms with Crippen LogP contribution in [0.3, 0.4) is 0 Å². The van der Waals surface area contributed by atoms with Crippen LogP contribution in [0.2, 0.25) is 0 Å². The molecule has 3 rings (SSSR count). The number of hydrogen-bond acceptors (Lipinski definition) is 4. The van der Waals surface area contributed by atoms with Gasteiger partial charge in [0.1, 0.15) is 5.01 Å². The first-order chi connectivity index (χ1) is 7.84. The van der Waals surface area contributed by atoms with Crippen LogP contribution in [0.1, 0.15) is 29.5 Å². The van der Waals surface area contributed by atoms with Crippen molar-refractivity contribution < 1.29 is 0 Å². The van der Waals surface area contributed by atoms with E-state index in [1.165, 1.54) is 11.3 Å². The van der Waals surface area contributed by atoms with E-state index in [0.29, 0.717) is 0 Å². The summed E-state index contributed by atoms with van der Waals surface area (Å²) in [6.45, 7) is 0. The van der Waals surface area contributed by atoms with E-state index in [1.807, 2.05) is 18.2 Å². The lowest BCUT2D eigenvalue weighted by Crippen LogP contribution is -2.16. The molecule has 1 atom stereocenters. The molecule has 4 heteroatoms. The van der Waals surface area contributed by atoms with Crippen molar-refractivity contribution in [2.24, 2.45) is 5.73 Å². The minimum Gasteiger partial charge on any atom is -0.323 e. The molecule has 82 valence electrons. The molecule has 2 aromatic rings. The van der Waals surface area contributed by atoms with Crippen molar-refractivity contribution >= 4 is 11.3 Å². The van der Waals surface area contributed by atoms with Gasteiger partial charge < -0.3 is 5.73 Å². The average Bonchev–Trinajstić information content (AvgIpc) is 2.76. The molecular weight excluding hydrogens is 218 g/mol. The highest BCUT2D eigenvalue weighted by Crippen LogP contribution is 2.35. The van der Waals surface area contributed by atoms with Gasteiger partial charge in [-0.1, -0.05) is 6.07 Å². The second-order valence-corrected chi connectivity index (χ2v) is 5.12. The Bertz CT molecular complexity index is 492. The Hall–Kier alpha value is -1.26. The Kier molecular flexibility index (Phi) is 2.46. The third kappa shape index (κ3) is 1.64. The van der Waals surface area contributed by atoms with E-state index in [9.17, 15) is 0 Å². The minimum atomic E-state index is 0.123. The maximum Gasteiger partial charge on any atom is 0.142 e. The summed E-state index contributed by atoms with van der Waals surface area (Å²) < 4.78 is 0. The molecule has 1 unspecified atom stereocenters. The Morgan fingerprint density at radius 3 is 3.06 bits per heavy atom. The highest BCUT2D eigenvalue weighted by Gasteiger charge is 2.22. The van der Waals surface area contributed by atoms with Gasteiger partial charge in [0.05, 0.1) is 11.4 Å². The molecule has 0 radical (unpaired) electrons. The van der Waals surface area contributed by atoms with E-state index in [2.05, 4.69) is 9.97 Å². The van der Waals surface area contributed by atoms with Crippen molar-refractivity contribution in [3.8, 4) is 10.7 Å². The molecule has 0 aliphatic heterocycles. The fourth-order valence-electron chi connectivity index (χ4n) is 2.05. The molecule has 2 aromatic heterocycles. The second-order valence-electron chi connectivity index (χ2n) is 4.04.